The van der Waals surface area contributed by atoms with Crippen LogP contribution in [0.15, 0.2) is 11.4 Å². The summed E-state index contributed by atoms with van der Waals surface area (Å²) in [7, 11) is 0. The Hall–Kier alpha value is -1.73. The highest BCUT2D eigenvalue weighted by Crippen LogP contribution is 2.19. The zero-order chi connectivity index (χ0) is 15.4. The van der Waals surface area contributed by atoms with Gasteiger partial charge in [-0.05, 0) is 38.4 Å². The molecule has 0 aromatic carbocycles. The number of carbonyl (C=O) groups excluding carboxylic acids is 1. The van der Waals surface area contributed by atoms with Crippen molar-refractivity contribution in [3.05, 3.63) is 28.5 Å². The molecule has 1 fully saturated rings. The number of nitrogens with zero attached hydrogens (tertiary/aromatic N) is 3. The molecule has 22 heavy (non-hydrogen) atoms. The summed E-state index contributed by atoms with van der Waals surface area (Å²) in [6.07, 6.45) is 4.70. The molecule has 0 spiro atoms. The second-order valence-corrected chi connectivity index (χ2v) is 6.43. The second kappa shape index (κ2) is 7.02. The van der Waals surface area contributed by atoms with Crippen molar-refractivity contribution < 1.29 is 4.79 Å². The molecule has 0 aliphatic carbocycles. The molecule has 3 rings (SSSR count). The van der Waals surface area contributed by atoms with Gasteiger partial charge in [0.1, 0.15) is 0 Å². The second-order valence-electron chi connectivity index (χ2n) is 5.57. The topological polar surface area (TPSA) is 73.9 Å². The molecule has 0 radical (unpaired) electrons. The van der Waals surface area contributed by atoms with E-state index in [1.165, 1.54) is 30.6 Å². The molecule has 3 heterocycles. The van der Waals surface area contributed by atoms with Crippen molar-refractivity contribution in [1.29, 1.82) is 0 Å². The van der Waals surface area contributed by atoms with Gasteiger partial charge in [-0.25, -0.2) is 4.98 Å². The van der Waals surface area contributed by atoms with Crippen molar-refractivity contribution in [2.45, 2.75) is 39.2 Å². The number of aryl methyl sites for hydroxylation is 1. The van der Waals surface area contributed by atoms with Crippen molar-refractivity contribution in [3.63, 3.8) is 0 Å². The Morgan fingerprint density at radius 1 is 1.41 bits per heavy atom. The van der Waals surface area contributed by atoms with E-state index < -0.39 is 0 Å². The Labute approximate surface area is 133 Å². The zero-order valence-electron chi connectivity index (χ0n) is 12.8. The number of aromatic nitrogens is 3. The first-order valence-electron chi connectivity index (χ1n) is 7.77. The smallest absolute Gasteiger partial charge is 0.277 e. The van der Waals surface area contributed by atoms with Gasteiger partial charge in [-0.15, -0.1) is 11.3 Å². The number of amides is 1. The Balaban J connectivity index is 1.57. The third-order valence-corrected chi connectivity index (χ3v) is 4.66. The first-order chi connectivity index (χ1) is 10.7. The van der Waals surface area contributed by atoms with Gasteiger partial charge in [-0.1, -0.05) is 13.3 Å². The monoisotopic (exact) mass is 319 g/mol. The van der Waals surface area contributed by atoms with Crippen LogP contribution in [0.2, 0.25) is 0 Å². The van der Waals surface area contributed by atoms with Crippen molar-refractivity contribution in [1.82, 2.24) is 20.1 Å². The molecule has 0 saturated carbocycles. The fourth-order valence-corrected chi connectivity index (χ4v) is 3.30. The van der Waals surface area contributed by atoms with Gasteiger partial charge in [0, 0.05) is 17.6 Å². The number of H-pyrrole nitrogens is 1. The van der Waals surface area contributed by atoms with E-state index >= 15 is 0 Å². The predicted molar refractivity (Wildman–Crippen MR) is 87.2 cm³/mol. The summed E-state index contributed by atoms with van der Waals surface area (Å²) in [6, 6.07) is 1.78. The Morgan fingerprint density at radius 3 is 2.95 bits per heavy atom. The molecule has 118 valence electrons. The maximum atomic E-state index is 12.1. The van der Waals surface area contributed by atoms with Gasteiger partial charge in [-0.3, -0.25) is 20.1 Å². The number of carbonyl (C=O) groups is 1. The first kappa shape index (κ1) is 15.2. The van der Waals surface area contributed by atoms with Gasteiger partial charge in [0.25, 0.3) is 5.91 Å². The fourth-order valence-electron chi connectivity index (χ4n) is 2.60. The van der Waals surface area contributed by atoms with Gasteiger partial charge in [-0.2, -0.15) is 5.10 Å². The summed E-state index contributed by atoms with van der Waals surface area (Å²) in [6.45, 7) is 5.18. The highest BCUT2D eigenvalue weighted by atomic mass is 32.1. The van der Waals surface area contributed by atoms with Crippen LogP contribution in [0.3, 0.4) is 0 Å². The summed E-state index contributed by atoms with van der Waals surface area (Å²) in [5.74, 6) is -0.213. The van der Waals surface area contributed by atoms with Gasteiger partial charge in [0.05, 0.1) is 5.69 Å². The lowest BCUT2D eigenvalue weighted by molar-refractivity contribution is 0.102. The van der Waals surface area contributed by atoms with E-state index in [0.29, 0.717) is 10.8 Å². The quantitative estimate of drug-likeness (QED) is 0.888. The highest BCUT2D eigenvalue weighted by molar-refractivity contribution is 7.13. The van der Waals surface area contributed by atoms with Crippen LogP contribution in [-0.2, 0) is 13.0 Å². The van der Waals surface area contributed by atoms with Crippen LogP contribution in [0.5, 0.6) is 0 Å². The zero-order valence-corrected chi connectivity index (χ0v) is 13.6. The summed E-state index contributed by atoms with van der Waals surface area (Å²) in [4.78, 5) is 19.0. The largest absolute Gasteiger partial charge is 0.297 e. The van der Waals surface area contributed by atoms with Crippen molar-refractivity contribution in [3.8, 4) is 0 Å². The maximum Gasteiger partial charge on any atom is 0.277 e. The van der Waals surface area contributed by atoms with E-state index in [2.05, 4.69) is 25.4 Å². The number of hydrogen-bond donors (Lipinski definition) is 2. The summed E-state index contributed by atoms with van der Waals surface area (Å²) >= 11 is 1.47. The highest BCUT2D eigenvalue weighted by Gasteiger charge is 2.15. The minimum Gasteiger partial charge on any atom is -0.297 e. The molecule has 2 aromatic heterocycles. The molecule has 2 aromatic rings. The molecule has 1 saturated heterocycles. The number of likely N-dealkylation sites (tertiary alicyclic amines) is 1. The number of rotatable bonds is 5. The Kier molecular flexibility index (Phi) is 4.84. The van der Waals surface area contributed by atoms with Gasteiger partial charge in [0.2, 0.25) is 0 Å². The average molecular weight is 319 g/mol. The molecule has 0 bridgehead atoms. The number of hydrogen-bond acceptors (Lipinski definition) is 5. The predicted octanol–water partition coefficient (Wildman–Crippen LogP) is 2.67. The van der Waals surface area contributed by atoms with Crippen LogP contribution in [0.1, 0.15) is 48.1 Å². The van der Waals surface area contributed by atoms with Gasteiger partial charge < -0.3 is 0 Å². The maximum absolute atomic E-state index is 12.1. The van der Waals surface area contributed by atoms with E-state index in [4.69, 9.17) is 0 Å². The van der Waals surface area contributed by atoms with Gasteiger partial charge >= 0.3 is 0 Å². The normalized spacial score (nSPS) is 15.9. The molecule has 0 atom stereocenters. The molecular weight excluding hydrogens is 298 g/mol. The number of nitrogens with one attached hydrogen (secondary N) is 2. The summed E-state index contributed by atoms with van der Waals surface area (Å²) < 4.78 is 0. The van der Waals surface area contributed by atoms with Crippen LogP contribution in [0.4, 0.5) is 5.13 Å². The molecule has 6 nitrogen and oxygen atoms in total. The lowest BCUT2D eigenvalue weighted by Crippen LogP contribution is -2.29. The minimum atomic E-state index is -0.213. The first-order valence-corrected chi connectivity index (χ1v) is 8.65. The fraction of sp³-hybridized carbons (Fsp3) is 0.533. The van der Waals surface area contributed by atoms with Crippen LogP contribution in [-0.4, -0.2) is 39.1 Å². The molecule has 0 unspecified atom stereocenters. The van der Waals surface area contributed by atoms with E-state index in [-0.39, 0.29) is 5.91 Å². The number of aromatic amines is 1. The molecule has 1 aliphatic rings. The standard InChI is InChI=1S/C15H21N5OS/c1-2-11-8-13(19-18-11)14(21)17-15-16-12(10-22-15)9-20-6-4-3-5-7-20/h8,10H,2-7,9H2,1H3,(H,18,19)(H,16,17,21). The lowest BCUT2D eigenvalue weighted by Gasteiger charge is -2.25. The van der Waals surface area contributed by atoms with Crippen molar-refractivity contribution in [2.24, 2.45) is 0 Å². The van der Waals surface area contributed by atoms with Crippen molar-refractivity contribution >= 4 is 22.4 Å². The molecule has 2 N–H and O–H groups in total. The minimum absolute atomic E-state index is 0.213. The van der Waals surface area contributed by atoms with Crippen LogP contribution in [0.25, 0.3) is 0 Å². The van der Waals surface area contributed by atoms with Crippen molar-refractivity contribution in [2.75, 3.05) is 18.4 Å². The lowest BCUT2D eigenvalue weighted by atomic mass is 10.1. The number of anilines is 1. The molecule has 1 amide bonds. The molecule has 7 heteroatoms. The molecular formula is C15H21N5OS. The number of thiazole rings is 1. The molecule has 1 aliphatic heterocycles. The van der Waals surface area contributed by atoms with Gasteiger partial charge in [0.15, 0.2) is 10.8 Å². The van der Waals surface area contributed by atoms with E-state index in [0.717, 1.165) is 37.4 Å². The van der Waals surface area contributed by atoms with E-state index in [9.17, 15) is 4.79 Å². The van der Waals surface area contributed by atoms with E-state index in [1.54, 1.807) is 6.07 Å². The van der Waals surface area contributed by atoms with Crippen LogP contribution >= 0.6 is 11.3 Å². The third-order valence-electron chi connectivity index (χ3n) is 3.85. The Morgan fingerprint density at radius 2 is 2.23 bits per heavy atom. The average Bonchev–Trinajstić information content (AvgIpc) is 3.17. The Bertz CT molecular complexity index is 629. The van der Waals surface area contributed by atoms with Crippen LogP contribution in [0, 0.1) is 0 Å². The summed E-state index contributed by atoms with van der Waals surface area (Å²) in [5.41, 5.74) is 2.39. The van der Waals surface area contributed by atoms with E-state index in [1.807, 2.05) is 12.3 Å². The number of piperidine rings is 1. The third kappa shape index (κ3) is 3.72. The SMILES string of the molecule is CCc1cc(C(=O)Nc2nc(CN3CCCCC3)cs2)n[nH]1. The van der Waals surface area contributed by atoms with Crippen LogP contribution < -0.4 is 5.32 Å². The summed E-state index contributed by atoms with van der Waals surface area (Å²) in [5, 5.41) is 12.3.